The molecule has 8 nitrogen and oxygen atoms in total. The highest BCUT2D eigenvalue weighted by Gasteiger charge is 2.28. The van der Waals surface area contributed by atoms with Gasteiger partial charge in [0.1, 0.15) is 0 Å². The third-order valence-corrected chi connectivity index (χ3v) is 8.96. The second kappa shape index (κ2) is 10.8. The molecular weight excluding hydrogens is 454 g/mol. The molecule has 0 aliphatic heterocycles. The van der Waals surface area contributed by atoms with Crippen LogP contribution in [0.25, 0.3) is 0 Å². The molecule has 1 amide bonds. The predicted molar refractivity (Wildman–Crippen MR) is 126 cm³/mol. The molecule has 0 bridgehead atoms. The lowest BCUT2D eigenvalue weighted by Crippen LogP contribution is -2.38. The van der Waals surface area contributed by atoms with E-state index in [9.17, 15) is 13.2 Å². The van der Waals surface area contributed by atoms with Crippen molar-refractivity contribution in [1.29, 1.82) is 0 Å². The molecule has 0 atom stereocenters. The number of nitrogens with zero attached hydrogens (tertiary/aromatic N) is 3. The minimum Gasteiger partial charge on any atom is -0.358 e. The highest BCUT2D eigenvalue weighted by Crippen LogP contribution is 2.28. The Morgan fingerprint density at radius 1 is 1.19 bits per heavy atom. The highest BCUT2D eigenvalue weighted by atomic mass is 32.2. The molecule has 0 radical (unpaired) electrons. The minimum absolute atomic E-state index is 0.0618. The molecule has 31 heavy (non-hydrogen) atoms. The van der Waals surface area contributed by atoms with Crippen LogP contribution < -0.4 is 10.6 Å². The van der Waals surface area contributed by atoms with Crippen molar-refractivity contribution in [2.75, 3.05) is 23.4 Å². The molecular formula is C20H29N5O3S3. The second-order valence-electron chi connectivity index (χ2n) is 7.85. The van der Waals surface area contributed by atoms with Crippen molar-refractivity contribution in [3.63, 3.8) is 0 Å². The summed E-state index contributed by atoms with van der Waals surface area (Å²) in [6.45, 7) is 4.04. The Morgan fingerprint density at radius 2 is 1.87 bits per heavy atom. The van der Waals surface area contributed by atoms with Crippen molar-refractivity contribution >= 4 is 49.8 Å². The first kappa shape index (κ1) is 24.0. The predicted octanol–water partition coefficient (Wildman–Crippen LogP) is 4.04. The first-order valence-electron chi connectivity index (χ1n) is 10.4. The van der Waals surface area contributed by atoms with Gasteiger partial charge in [-0.15, -0.1) is 10.2 Å². The molecule has 1 aromatic heterocycles. The summed E-state index contributed by atoms with van der Waals surface area (Å²) in [5.41, 5.74) is 0.560. The number of thioether (sulfide) groups is 1. The van der Waals surface area contributed by atoms with E-state index in [-0.39, 0.29) is 28.6 Å². The molecule has 0 unspecified atom stereocenters. The number of sulfonamides is 1. The molecule has 1 aliphatic rings. The van der Waals surface area contributed by atoms with E-state index in [1.807, 2.05) is 13.8 Å². The zero-order valence-corrected chi connectivity index (χ0v) is 20.4. The van der Waals surface area contributed by atoms with E-state index in [0.717, 1.165) is 30.8 Å². The zero-order valence-electron chi connectivity index (χ0n) is 18.0. The summed E-state index contributed by atoms with van der Waals surface area (Å²) in [6.07, 6.45) is 5.13. The van der Waals surface area contributed by atoms with Crippen LogP contribution >= 0.6 is 23.1 Å². The van der Waals surface area contributed by atoms with Gasteiger partial charge in [-0.25, -0.2) is 8.42 Å². The molecule has 1 heterocycles. The minimum atomic E-state index is -3.54. The lowest BCUT2D eigenvalue weighted by molar-refractivity contribution is -0.113. The third kappa shape index (κ3) is 6.64. The number of amides is 1. The number of anilines is 2. The van der Waals surface area contributed by atoms with Crippen LogP contribution in [0.5, 0.6) is 0 Å². The second-order valence-corrected chi connectivity index (χ2v) is 12.0. The molecule has 170 valence electrons. The summed E-state index contributed by atoms with van der Waals surface area (Å²) >= 11 is 2.72. The Labute approximate surface area is 192 Å². The molecule has 1 fully saturated rings. The lowest BCUT2D eigenvalue weighted by atomic mass is 9.96. The molecule has 2 aromatic rings. The molecule has 2 N–H and O–H groups in total. The quantitative estimate of drug-likeness (QED) is 0.519. The molecule has 1 aliphatic carbocycles. The van der Waals surface area contributed by atoms with E-state index in [2.05, 4.69) is 20.8 Å². The monoisotopic (exact) mass is 483 g/mol. The van der Waals surface area contributed by atoms with Gasteiger partial charge in [0.15, 0.2) is 4.34 Å². The fraction of sp³-hybridized carbons (Fsp3) is 0.550. The largest absolute Gasteiger partial charge is 0.358 e. The Kier molecular flexibility index (Phi) is 8.31. The van der Waals surface area contributed by atoms with Gasteiger partial charge < -0.3 is 10.6 Å². The van der Waals surface area contributed by atoms with E-state index >= 15 is 0 Å². The van der Waals surface area contributed by atoms with Crippen molar-refractivity contribution in [3.8, 4) is 0 Å². The molecule has 0 saturated heterocycles. The Balaban J connectivity index is 1.53. The SMILES string of the molecule is CC(C)Nc1nnc(SCC(=O)Nc2ccc(S(=O)(=O)N(C)C3CCCCC3)cc2)s1. The highest BCUT2D eigenvalue weighted by molar-refractivity contribution is 8.01. The number of carbonyl (C=O) groups excluding carboxylic acids is 1. The van der Waals surface area contributed by atoms with Crippen molar-refractivity contribution in [2.24, 2.45) is 0 Å². The van der Waals surface area contributed by atoms with Crippen molar-refractivity contribution in [2.45, 2.75) is 67.3 Å². The van der Waals surface area contributed by atoms with Crippen LogP contribution in [0.1, 0.15) is 46.0 Å². The van der Waals surface area contributed by atoms with Crippen molar-refractivity contribution in [3.05, 3.63) is 24.3 Å². The van der Waals surface area contributed by atoms with Crippen LogP contribution in [0.15, 0.2) is 33.5 Å². The van der Waals surface area contributed by atoms with Gasteiger partial charge in [-0.3, -0.25) is 4.79 Å². The normalized spacial score (nSPS) is 15.4. The van der Waals surface area contributed by atoms with Crippen LogP contribution in [0.4, 0.5) is 10.8 Å². The van der Waals surface area contributed by atoms with Crippen LogP contribution in [0.3, 0.4) is 0 Å². The summed E-state index contributed by atoms with van der Waals surface area (Å²) in [6, 6.07) is 6.67. The smallest absolute Gasteiger partial charge is 0.243 e. The molecule has 11 heteroatoms. The van der Waals surface area contributed by atoms with Crippen LogP contribution in [0.2, 0.25) is 0 Å². The number of rotatable bonds is 9. The number of nitrogens with one attached hydrogen (secondary N) is 2. The Bertz CT molecular complexity index is 970. The fourth-order valence-corrected chi connectivity index (χ4v) is 6.53. The van der Waals surface area contributed by atoms with E-state index < -0.39 is 10.0 Å². The van der Waals surface area contributed by atoms with Gasteiger partial charge in [-0.05, 0) is 51.0 Å². The number of aromatic nitrogens is 2. The summed E-state index contributed by atoms with van der Waals surface area (Å²) in [5, 5.41) is 14.8. The summed E-state index contributed by atoms with van der Waals surface area (Å²) in [5.74, 6) is 0.00864. The maximum absolute atomic E-state index is 12.9. The fourth-order valence-electron chi connectivity index (χ4n) is 3.42. The van der Waals surface area contributed by atoms with E-state index in [1.54, 1.807) is 31.3 Å². The Hall–Kier alpha value is -1.69. The van der Waals surface area contributed by atoms with Gasteiger partial charge in [0.25, 0.3) is 0 Å². The summed E-state index contributed by atoms with van der Waals surface area (Å²) < 4.78 is 28.0. The standard InChI is InChI=1S/C20H29N5O3S3/c1-14(2)21-19-23-24-20(30-19)29-13-18(26)22-15-9-11-17(12-10-15)31(27,28)25(3)16-7-5-4-6-8-16/h9-12,14,16H,4-8,13H2,1-3H3,(H,21,23)(H,22,26). The first-order valence-corrected chi connectivity index (χ1v) is 13.6. The van der Waals surface area contributed by atoms with Crippen molar-refractivity contribution in [1.82, 2.24) is 14.5 Å². The Morgan fingerprint density at radius 3 is 2.52 bits per heavy atom. The van der Waals surface area contributed by atoms with Gasteiger partial charge in [-0.1, -0.05) is 42.4 Å². The molecule has 1 aromatic carbocycles. The number of hydrogen-bond acceptors (Lipinski definition) is 8. The maximum Gasteiger partial charge on any atom is 0.243 e. The molecule has 0 spiro atoms. The maximum atomic E-state index is 12.9. The van der Waals surface area contributed by atoms with Gasteiger partial charge in [0, 0.05) is 24.8 Å². The molecule has 1 saturated carbocycles. The first-order chi connectivity index (χ1) is 14.8. The van der Waals surface area contributed by atoms with E-state index in [1.165, 1.54) is 33.8 Å². The van der Waals surface area contributed by atoms with E-state index in [4.69, 9.17) is 0 Å². The number of carbonyl (C=O) groups is 1. The summed E-state index contributed by atoms with van der Waals surface area (Å²) in [7, 11) is -1.88. The van der Waals surface area contributed by atoms with Gasteiger partial charge in [-0.2, -0.15) is 4.31 Å². The molecule has 3 rings (SSSR count). The van der Waals surface area contributed by atoms with Gasteiger partial charge >= 0.3 is 0 Å². The van der Waals surface area contributed by atoms with Crippen LogP contribution in [0, 0.1) is 0 Å². The number of hydrogen-bond donors (Lipinski definition) is 2. The van der Waals surface area contributed by atoms with E-state index in [0.29, 0.717) is 10.0 Å². The summed E-state index contributed by atoms with van der Waals surface area (Å²) in [4.78, 5) is 12.5. The van der Waals surface area contributed by atoms with Crippen LogP contribution in [-0.2, 0) is 14.8 Å². The van der Waals surface area contributed by atoms with Crippen molar-refractivity contribution < 1.29 is 13.2 Å². The topological polar surface area (TPSA) is 104 Å². The number of benzene rings is 1. The van der Waals surface area contributed by atoms with Gasteiger partial charge in [0.05, 0.1) is 10.6 Å². The lowest BCUT2D eigenvalue weighted by Gasteiger charge is -2.30. The zero-order chi connectivity index (χ0) is 22.4. The van der Waals surface area contributed by atoms with Gasteiger partial charge in [0.2, 0.25) is 21.1 Å². The van der Waals surface area contributed by atoms with Crippen LogP contribution in [-0.4, -0.2) is 53.7 Å². The average Bonchev–Trinajstić information content (AvgIpc) is 3.19. The third-order valence-electron chi connectivity index (χ3n) is 5.05. The average molecular weight is 484 g/mol.